The van der Waals surface area contributed by atoms with Crippen LogP contribution in [0, 0.1) is 21.4 Å². The molecule has 0 aliphatic heterocycles. The molecule has 0 unspecified atom stereocenters. The summed E-state index contributed by atoms with van der Waals surface area (Å²) in [7, 11) is 0. The Morgan fingerprint density at radius 2 is 2.20 bits per heavy atom. The highest BCUT2D eigenvalue weighted by atomic mass is 16.6. The largest absolute Gasteiger partial charge is 0.477 e. The first-order chi connectivity index (χ1) is 9.63. The van der Waals surface area contributed by atoms with E-state index in [9.17, 15) is 10.1 Å². The molecule has 2 aromatic rings. The number of nitro benzene ring substituents is 1. The average molecular weight is 274 g/mol. The molecule has 0 N–H and O–H groups in total. The molecule has 1 aromatic heterocycles. The van der Waals surface area contributed by atoms with E-state index in [4.69, 9.17) is 14.4 Å². The van der Waals surface area contributed by atoms with Crippen LogP contribution in [0.15, 0.2) is 22.6 Å². The van der Waals surface area contributed by atoms with Crippen molar-refractivity contribution in [3.8, 4) is 11.8 Å². The van der Waals surface area contributed by atoms with E-state index in [0.29, 0.717) is 12.3 Å². The topological polar surface area (TPSA) is 115 Å². The molecule has 0 spiro atoms. The van der Waals surface area contributed by atoms with Gasteiger partial charge in [-0.25, -0.2) is 0 Å². The van der Waals surface area contributed by atoms with Crippen LogP contribution in [0.2, 0.25) is 0 Å². The summed E-state index contributed by atoms with van der Waals surface area (Å²) in [5.74, 6) is 0.753. The molecule has 0 saturated carbocycles. The number of hydrogen-bond acceptors (Lipinski definition) is 7. The lowest BCUT2D eigenvalue weighted by atomic mass is 10.2. The van der Waals surface area contributed by atoms with Gasteiger partial charge in [-0.05, 0) is 12.1 Å². The van der Waals surface area contributed by atoms with Crippen LogP contribution < -0.4 is 4.74 Å². The number of nitriles is 1. The molecule has 0 aliphatic rings. The Kier molecular flexibility index (Phi) is 3.91. The molecule has 8 nitrogen and oxygen atoms in total. The molecule has 2 rings (SSSR count). The van der Waals surface area contributed by atoms with Crippen molar-refractivity contribution in [2.75, 3.05) is 0 Å². The average Bonchev–Trinajstić information content (AvgIpc) is 2.92. The molecule has 1 heterocycles. The summed E-state index contributed by atoms with van der Waals surface area (Å²) < 4.78 is 10.5. The second-order valence-corrected chi connectivity index (χ2v) is 3.78. The predicted octanol–water partition coefficient (Wildman–Crippen LogP) is 1.99. The number of aryl methyl sites for hydroxylation is 1. The highest BCUT2D eigenvalue weighted by Crippen LogP contribution is 2.28. The minimum absolute atomic E-state index is 0.0465. The summed E-state index contributed by atoms with van der Waals surface area (Å²) in [5, 5.41) is 27.1. The van der Waals surface area contributed by atoms with E-state index < -0.39 is 4.92 Å². The molecule has 0 saturated heterocycles. The maximum Gasteiger partial charge on any atom is 0.312 e. The van der Waals surface area contributed by atoms with Crippen LogP contribution in [0.4, 0.5) is 5.69 Å². The summed E-state index contributed by atoms with van der Waals surface area (Å²) in [6, 6.07) is 5.79. The van der Waals surface area contributed by atoms with Crippen LogP contribution in [0.5, 0.6) is 5.75 Å². The number of nitrogens with zero attached hydrogens (tertiary/aromatic N) is 4. The van der Waals surface area contributed by atoms with Gasteiger partial charge in [0.1, 0.15) is 0 Å². The maximum atomic E-state index is 10.9. The predicted molar refractivity (Wildman–Crippen MR) is 65.8 cm³/mol. The molecule has 1 aromatic carbocycles. The molecule has 0 bridgehead atoms. The monoisotopic (exact) mass is 274 g/mol. The molecular formula is C12H10N4O4. The van der Waals surface area contributed by atoms with Gasteiger partial charge in [-0.3, -0.25) is 10.1 Å². The summed E-state index contributed by atoms with van der Waals surface area (Å²) in [5.41, 5.74) is -0.0885. The standard InChI is InChI=1S/C12H10N4O4/c1-2-11-14-15-12(20-11)7-19-10-4-3-8(6-13)5-9(10)16(17)18/h3-5H,2,7H2,1H3. The van der Waals surface area contributed by atoms with Crippen molar-refractivity contribution in [3.63, 3.8) is 0 Å². The fourth-order valence-corrected chi connectivity index (χ4v) is 1.48. The Hall–Kier alpha value is -2.95. The van der Waals surface area contributed by atoms with Gasteiger partial charge in [0.15, 0.2) is 12.4 Å². The van der Waals surface area contributed by atoms with Gasteiger partial charge in [0.2, 0.25) is 5.89 Å². The van der Waals surface area contributed by atoms with Crippen LogP contribution in [0.3, 0.4) is 0 Å². The quantitative estimate of drug-likeness (QED) is 0.604. The Labute approximate surface area is 113 Å². The Balaban J connectivity index is 2.16. The summed E-state index contributed by atoms with van der Waals surface area (Å²) in [4.78, 5) is 10.3. The molecule has 0 fully saturated rings. The number of hydrogen-bond donors (Lipinski definition) is 0. The van der Waals surface area contributed by atoms with E-state index in [1.165, 1.54) is 12.1 Å². The number of benzene rings is 1. The van der Waals surface area contributed by atoms with Gasteiger partial charge < -0.3 is 9.15 Å². The third kappa shape index (κ3) is 2.89. The van der Waals surface area contributed by atoms with Crippen molar-refractivity contribution in [2.45, 2.75) is 20.0 Å². The second kappa shape index (κ2) is 5.79. The van der Waals surface area contributed by atoms with Gasteiger partial charge >= 0.3 is 5.69 Å². The van der Waals surface area contributed by atoms with Gasteiger partial charge in [0.05, 0.1) is 16.6 Å². The first-order valence-electron chi connectivity index (χ1n) is 5.76. The zero-order valence-electron chi connectivity index (χ0n) is 10.6. The number of aromatic nitrogens is 2. The van der Waals surface area contributed by atoms with E-state index in [1.54, 1.807) is 0 Å². The second-order valence-electron chi connectivity index (χ2n) is 3.78. The first kappa shape index (κ1) is 13.5. The number of nitro groups is 1. The fourth-order valence-electron chi connectivity index (χ4n) is 1.48. The molecule has 20 heavy (non-hydrogen) atoms. The third-order valence-corrected chi connectivity index (χ3v) is 2.45. The molecular weight excluding hydrogens is 264 g/mol. The molecule has 0 radical (unpaired) electrons. The van der Waals surface area contributed by atoms with Crippen molar-refractivity contribution in [3.05, 3.63) is 45.7 Å². The maximum absolute atomic E-state index is 10.9. The van der Waals surface area contributed by atoms with Crippen molar-refractivity contribution in [2.24, 2.45) is 0 Å². The first-order valence-corrected chi connectivity index (χ1v) is 5.76. The minimum atomic E-state index is -0.610. The lowest BCUT2D eigenvalue weighted by Crippen LogP contribution is -2.00. The molecule has 0 atom stereocenters. The lowest BCUT2D eigenvalue weighted by molar-refractivity contribution is -0.386. The number of rotatable bonds is 5. The zero-order valence-corrected chi connectivity index (χ0v) is 10.6. The number of ether oxygens (including phenoxy) is 1. The fraction of sp³-hybridized carbons (Fsp3) is 0.250. The van der Waals surface area contributed by atoms with E-state index in [2.05, 4.69) is 10.2 Å². The Bertz CT molecular complexity index is 674. The normalized spacial score (nSPS) is 10.0. The molecule has 0 aliphatic carbocycles. The van der Waals surface area contributed by atoms with Gasteiger partial charge in [0, 0.05) is 12.5 Å². The van der Waals surface area contributed by atoms with E-state index >= 15 is 0 Å². The Morgan fingerprint density at radius 3 is 2.80 bits per heavy atom. The van der Waals surface area contributed by atoms with Gasteiger partial charge in [0.25, 0.3) is 5.89 Å². The minimum Gasteiger partial charge on any atom is -0.477 e. The van der Waals surface area contributed by atoms with Crippen LogP contribution in [0.1, 0.15) is 24.3 Å². The lowest BCUT2D eigenvalue weighted by Gasteiger charge is -2.04. The zero-order chi connectivity index (χ0) is 14.5. The van der Waals surface area contributed by atoms with Gasteiger partial charge in [-0.1, -0.05) is 6.92 Å². The summed E-state index contributed by atoms with van der Waals surface area (Å²) in [6.45, 7) is 1.79. The van der Waals surface area contributed by atoms with E-state index in [0.717, 1.165) is 6.07 Å². The van der Waals surface area contributed by atoms with Crippen molar-refractivity contribution < 1.29 is 14.1 Å². The van der Waals surface area contributed by atoms with Crippen molar-refractivity contribution >= 4 is 5.69 Å². The Morgan fingerprint density at radius 1 is 1.45 bits per heavy atom. The molecule has 0 amide bonds. The van der Waals surface area contributed by atoms with Gasteiger partial charge in [-0.2, -0.15) is 5.26 Å². The molecule has 8 heteroatoms. The highest BCUT2D eigenvalue weighted by Gasteiger charge is 2.17. The van der Waals surface area contributed by atoms with Crippen molar-refractivity contribution in [1.82, 2.24) is 10.2 Å². The smallest absolute Gasteiger partial charge is 0.312 e. The third-order valence-electron chi connectivity index (χ3n) is 2.45. The summed E-state index contributed by atoms with van der Waals surface area (Å²) in [6.07, 6.45) is 0.601. The van der Waals surface area contributed by atoms with Crippen LogP contribution in [-0.4, -0.2) is 15.1 Å². The van der Waals surface area contributed by atoms with Crippen LogP contribution in [-0.2, 0) is 13.0 Å². The van der Waals surface area contributed by atoms with Crippen LogP contribution >= 0.6 is 0 Å². The van der Waals surface area contributed by atoms with Crippen LogP contribution in [0.25, 0.3) is 0 Å². The summed E-state index contributed by atoms with van der Waals surface area (Å²) >= 11 is 0. The SMILES string of the molecule is CCc1nnc(COc2ccc(C#N)cc2[N+](=O)[O-])o1. The van der Waals surface area contributed by atoms with E-state index in [1.807, 2.05) is 13.0 Å². The van der Waals surface area contributed by atoms with Crippen molar-refractivity contribution in [1.29, 1.82) is 5.26 Å². The molecule has 102 valence electrons. The van der Waals surface area contributed by atoms with E-state index in [-0.39, 0.29) is 29.5 Å². The highest BCUT2D eigenvalue weighted by molar-refractivity contribution is 5.51. The van der Waals surface area contributed by atoms with Gasteiger partial charge in [-0.15, -0.1) is 10.2 Å².